The van der Waals surface area contributed by atoms with Gasteiger partial charge in [0.2, 0.25) is 0 Å². The third-order valence-electron chi connectivity index (χ3n) is 4.88. The Morgan fingerprint density at radius 2 is 2.04 bits per heavy atom. The highest BCUT2D eigenvalue weighted by molar-refractivity contribution is 6.08. The second-order valence-electron chi connectivity index (χ2n) is 6.21. The summed E-state index contributed by atoms with van der Waals surface area (Å²) in [6, 6.07) is 13.2. The summed E-state index contributed by atoms with van der Waals surface area (Å²) in [5.41, 5.74) is 4.55. The van der Waals surface area contributed by atoms with Crippen LogP contribution in [0.5, 0.6) is 5.75 Å². The summed E-state index contributed by atoms with van der Waals surface area (Å²) in [7, 11) is 1.64. The van der Waals surface area contributed by atoms with Crippen molar-refractivity contribution in [2.75, 3.05) is 18.6 Å². The molecule has 1 heterocycles. The van der Waals surface area contributed by atoms with Crippen molar-refractivity contribution in [2.45, 2.75) is 18.8 Å². The first-order valence-electron chi connectivity index (χ1n) is 7.99. The maximum absolute atomic E-state index is 12.9. The summed E-state index contributed by atoms with van der Waals surface area (Å²) in [5.74, 6) is 0.936. The van der Waals surface area contributed by atoms with Crippen LogP contribution < -0.4 is 9.64 Å². The third kappa shape index (κ3) is 2.16. The first-order chi connectivity index (χ1) is 11.7. The molecule has 1 N–H and O–H groups in total. The van der Waals surface area contributed by atoms with E-state index in [4.69, 9.17) is 4.74 Å². The molecule has 0 bridgehead atoms. The summed E-state index contributed by atoms with van der Waals surface area (Å²) in [5, 5.41) is 12.7. The van der Waals surface area contributed by atoms with Crippen LogP contribution in [0.4, 0.5) is 5.69 Å². The summed E-state index contributed by atoms with van der Waals surface area (Å²) in [6.07, 6.45) is 1.23. The minimum atomic E-state index is -0.000135. The van der Waals surface area contributed by atoms with Gasteiger partial charge in [0.15, 0.2) is 0 Å². The molecular formula is C19H18N2O3. The first-order valence-corrected chi connectivity index (χ1v) is 7.99. The molecule has 122 valence electrons. The van der Waals surface area contributed by atoms with E-state index >= 15 is 0 Å². The Labute approximate surface area is 140 Å². The van der Waals surface area contributed by atoms with Gasteiger partial charge in [-0.3, -0.25) is 4.79 Å². The van der Waals surface area contributed by atoms with Crippen molar-refractivity contribution in [1.29, 1.82) is 0 Å². The van der Waals surface area contributed by atoms with Gasteiger partial charge in [-0.25, -0.2) is 0 Å². The number of hydrogen-bond donors (Lipinski definition) is 1. The number of nitrogens with zero attached hydrogens (tertiary/aromatic N) is 2. The third-order valence-corrected chi connectivity index (χ3v) is 4.88. The number of rotatable bonds is 2. The Balaban J connectivity index is 1.80. The molecule has 2 aliphatic rings. The molecule has 4 rings (SSSR count). The molecule has 0 fully saturated rings. The zero-order chi connectivity index (χ0) is 16.7. The van der Waals surface area contributed by atoms with Crippen LogP contribution in [0.25, 0.3) is 0 Å². The number of oxime groups is 1. The van der Waals surface area contributed by atoms with Crippen LogP contribution >= 0.6 is 0 Å². The largest absolute Gasteiger partial charge is 0.496 e. The molecule has 0 spiro atoms. The lowest BCUT2D eigenvalue weighted by Crippen LogP contribution is -2.30. The summed E-state index contributed by atoms with van der Waals surface area (Å²) >= 11 is 0. The SMILES string of the molecule is COc1ccc2c3c1CC(=NO)CC3CN2C(=O)c1ccccc1. The molecule has 1 unspecified atom stereocenters. The fraction of sp³-hybridized carbons (Fsp3) is 0.263. The number of carbonyl (C=O) groups excluding carboxylic acids is 1. The number of amides is 1. The number of benzene rings is 2. The maximum Gasteiger partial charge on any atom is 0.258 e. The van der Waals surface area contributed by atoms with Gasteiger partial charge in [0.25, 0.3) is 5.91 Å². The van der Waals surface area contributed by atoms with Crippen LogP contribution in [-0.4, -0.2) is 30.5 Å². The van der Waals surface area contributed by atoms with Gasteiger partial charge in [-0.2, -0.15) is 0 Å². The Hall–Kier alpha value is -2.82. The number of ether oxygens (including phenoxy) is 1. The van der Waals surface area contributed by atoms with E-state index in [9.17, 15) is 10.0 Å². The summed E-state index contributed by atoms with van der Waals surface area (Å²) in [4.78, 5) is 14.8. The molecule has 24 heavy (non-hydrogen) atoms. The standard InChI is InChI=1S/C19H18N2O3/c1-24-17-8-7-16-18-13(9-14(20-23)10-15(17)18)11-21(16)19(22)12-5-3-2-4-6-12/h2-8,13,23H,9-11H2,1H3. The average molecular weight is 322 g/mol. The van der Waals surface area contributed by atoms with Crippen molar-refractivity contribution < 1.29 is 14.7 Å². The molecule has 0 aromatic heterocycles. The van der Waals surface area contributed by atoms with Gasteiger partial charge in [0.1, 0.15) is 5.75 Å². The molecule has 5 heteroatoms. The quantitative estimate of drug-likeness (QED) is 0.682. The van der Waals surface area contributed by atoms with E-state index in [0.717, 1.165) is 28.3 Å². The Morgan fingerprint density at radius 3 is 2.75 bits per heavy atom. The predicted octanol–water partition coefficient (Wildman–Crippen LogP) is 3.22. The van der Waals surface area contributed by atoms with Crippen LogP contribution in [-0.2, 0) is 6.42 Å². The van der Waals surface area contributed by atoms with Crippen molar-refractivity contribution in [1.82, 2.24) is 0 Å². The van der Waals surface area contributed by atoms with E-state index in [1.807, 2.05) is 47.4 Å². The van der Waals surface area contributed by atoms with Gasteiger partial charge in [0.05, 0.1) is 12.8 Å². The monoisotopic (exact) mass is 322 g/mol. The smallest absolute Gasteiger partial charge is 0.258 e. The number of anilines is 1. The molecule has 0 saturated heterocycles. The number of carbonyl (C=O) groups is 1. The van der Waals surface area contributed by atoms with Crippen LogP contribution in [0.2, 0.25) is 0 Å². The van der Waals surface area contributed by atoms with Gasteiger partial charge in [0, 0.05) is 35.7 Å². The van der Waals surface area contributed by atoms with Gasteiger partial charge >= 0.3 is 0 Å². The molecule has 2 aromatic carbocycles. The van der Waals surface area contributed by atoms with E-state index in [2.05, 4.69) is 5.16 Å². The Bertz CT molecular complexity index is 830. The normalized spacial score (nSPS) is 20.1. The molecule has 1 amide bonds. The van der Waals surface area contributed by atoms with Gasteiger partial charge in [-0.1, -0.05) is 23.4 Å². The molecular weight excluding hydrogens is 304 g/mol. The molecule has 5 nitrogen and oxygen atoms in total. The fourth-order valence-electron chi connectivity index (χ4n) is 3.84. The molecule has 1 atom stereocenters. The lowest BCUT2D eigenvalue weighted by Gasteiger charge is -2.23. The van der Waals surface area contributed by atoms with Crippen LogP contribution in [0.15, 0.2) is 47.6 Å². The lowest BCUT2D eigenvalue weighted by molar-refractivity contribution is 0.0988. The van der Waals surface area contributed by atoms with Crippen LogP contribution in [0.3, 0.4) is 0 Å². The van der Waals surface area contributed by atoms with E-state index in [0.29, 0.717) is 24.9 Å². The molecule has 2 aromatic rings. The lowest BCUT2D eigenvalue weighted by atomic mass is 9.82. The molecule has 0 radical (unpaired) electrons. The number of hydrogen-bond acceptors (Lipinski definition) is 4. The van der Waals surface area contributed by atoms with Crippen molar-refractivity contribution >= 4 is 17.3 Å². The van der Waals surface area contributed by atoms with Crippen molar-refractivity contribution in [3.05, 3.63) is 59.2 Å². The van der Waals surface area contributed by atoms with Gasteiger partial charge in [-0.05, 0) is 36.2 Å². The van der Waals surface area contributed by atoms with Crippen LogP contribution in [0, 0.1) is 0 Å². The Morgan fingerprint density at radius 1 is 1.25 bits per heavy atom. The minimum Gasteiger partial charge on any atom is -0.496 e. The Kier molecular flexibility index (Phi) is 3.49. The highest BCUT2D eigenvalue weighted by atomic mass is 16.5. The van der Waals surface area contributed by atoms with Gasteiger partial charge < -0.3 is 14.8 Å². The maximum atomic E-state index is 12.9. The van der Waals surface area contributed by atoms with E-state index in [-0.39, 0.29) is 11.8 Å². The average Bonchev–Trinajstić information content (AvgIpc) is 3.01. The second-order valence-corrected chi connectivity index (χ2v) is 6.21. The molecule has 1 aliphatic carbocycles. The zero-order valence-electron chi connectivity index (χ0n) is 13.4. The zero-order valence-corrected chi connectivity index (χ0v) is 13.4. The van der Waals surface area contributed by atoms with Crippen molar-refractivity contribution in [2.24, 2.45) is 5.16 Å². The molecule has 0 saturated carbocycles. The first kappa shape index (κ1) is 14.8. The van der Waals surface area contributed by atoms with E-state index in [1.54, 1.807) is 7.11 Å². The van der Waals surface area contributed by atoms with E-state index < -0.39 is 0 Å². The number of methoxy groups -OCH3 is 1. The fourth-order valence-corrected chi connectivity index (χ4v) is 3.84. The van der Waals surface area contributed by atoms with Crippen molar-refractivity contribution in [3.8, 4) is 5.75 Å². The highest BCUT2D eigenvalue weighted by Crippen LogP contribution is 2.47. The summed E-state index contributed by atoms with van der Waals surface area (Å²) in [6.45, 7) is 0.599. The van der Waals surface area contributed by atoms with Crippen LogP contribution in [0.1, 0.15) is 33.8 Å². The topological polar surface area (TPSA) is 62.1 Å². The predicted molar refractivity (Wildman–Crippen MR) is 91.4 cm³/mol. The minimum absolute atomic E-state index is 0.000135. The summed E-state index contributed by atoms with van der Waals surface area (Å²) < 4.78 is 5.48. The second kappa shape index (κ2) is 5.67. The van der Waals surface area contributed by atoms with Crippen molar-refractivity contribution in [3.63, 3.8) is 0 Å². The highest BCUT2D eigenvalue weighted by Gasteiger charge is 2.39. The van der Waals surface area contributed by atoms with Gasteiger partial charge in [-0.15, -0.1) is 0 Å². The van der Waals surface area contributed by atoms with E-state index in [1.165, 1.54) is 0 Å². The molecule has 1 aliphatic heterocycles.